The number of pyridine rings is 1. The van der Waals surface area contributed by atoms with Crippen LogP contribution in [0.15, 0.2) is 28.9 Å². The van der Waals surface area contributed by atoms with Crippen molar-refractivity contribution in [1.29, 1.82) is 0 Å². The van der Waals surface area contributed by atoms with Gasteiger partial charge in [-0.25, -0.2) is 0 Å². The summed E-state index contributed by atoms with van der Waals surface area (Å²) in [5.74, 6) is 1.14. The van der Waals surface area contributed by atoms with Gasteiger partial charge in [-0.3, -0.25) is 9.88 Å². The minimum atomic E-state index is 0.435. The van der Waals surface area contributed by atoms with Gasteiger partial charge in [0, 0.05) is 18.8 Å². The van der Waals surface area contributed by atoms with Gasteiger partial charge in [-0.05, 0) is 25.6 Å². The molecule has 1 atom stereocenters. The first-order valence-corrected chi connectivity index (χ1v) is 6.35. The van der Waals surface area contributed by atoms with Crippen LogP contribution >= 0.6 is 0 Å². The molecule has 1 unspecified atom stereocenters. The molecule has 0 bridgehead atoms. The van der Waals surface area contributed by atoms with Crippen molar-refractivity contribution < 1.29 is 9.26 Å². The third kappa shape index (κ3) is 2.80. The molecule has 100 valence electrons. The van der Waals surface area contributed by atoms with Crippen LogP contribution in [-0.4, -0.2) is 46.3 Å². The van der Waals surface area contributed by atoms with E-state index in [1.165, 1.54) is 0 Å². The minimum absolute atomic E-state index is 0.435. The number of aromatic nitrogens is 3. The van der Waals surface area contributed by atoms with Gasteiger partial charge in [-0.1, -0.05) is 11.2 Å². The lowest BCUT2D eigenvalue weighted by molar-refractivity contribution is 0.148. The fourth-order valence-corrected chi connectivity index (χ4v) is 2.13. The average molecular weight is 260 g/mol. The summed E-state index contributed by atoms with van der Waals surface area (Å²) < 4.78 is 10.6. The van der Waals surface area contributed by atoms with Crippen LogP contribution in [0.25, 0.3) is 11.5 Å². The van der Waals surface area contributed by atoms with E-state index in [1.54, 1.807) is 6.20 Å². The quantitative estimate of drug-likeness (QED) is 0.827. The van der Waals surface area contributed by atoms with E-state index in [1.807, 2.05) is 25.2 Å². The van der Waals surface area contributed by atoms with Crippen molar-refractivity contribution in [3.8, 4) is 11.5 Å². The summed E-state index contributed by atoms with van der Waals surface area (Å²) >= 11 is 0. The second kappa shape index (κ2) is 5.46. The Labute approximate surface area is 111 Å². The molecular formula is C13H16N4O2. The highest BCUT2D eigenvalue weighted by atomic mass is 16.5. The van der Waals surface area contributed by atoms with Gasteiger partial charge >= 0.3 is 0 Å². The van der Waals surface area contributed by atoms with Crippen LogP contribution in [0.4, 0.5) is 0 Å². The van der Waals surface area contributed by atoms with E-state index in [2.05, 4.69) is 20.0 Å². The third-order valence-corrected chi connectivity index (χ3v) is 3.28. The van der Waals surface area contributed by atoms with E-state index < -0.39 is 0 Å². The maximum atomic E-state index is 5.37. The van der Waals surface area contributed by atoms with Crippen molar-refractivity contribution in [3.05, 3.63) is 30.3 Å². The molecular weight excluding hydrogens is 244 g/mol. The van der Waals surface area contributed by atoms with E-state index >= 15 is 0 Å². The Bertz CT molecular complexity index is 522. The van der Waals surface area contributed by atoms with Crippen LogP contribution in [0, 0.1) is 0 Å². The standard InChI is InChI=1S/C13H16N4O2/c1-17(10-5-7-18-9-10)8-12-15-13(16-19-12)11-4-2-3-6-14-11/h2-4,6,10H,5,7-9H2,1H3. The molecule has 3 heterocycles. The third-order valence-electron chi connectivity index (χ3n) is 3.28. The topological polar surface area (TPSA) is 64.3 Å². The van der Waals surface area contributed by atoms with Crippen molar-refractivity contribution >= 4 is 0 Å². The Morgan fingerprint density at radius 1 is 1.42 bits per heavy atom. The van der Waals surface area contributed by atoms with Crippen molar-refractivity contribution in [2.24, 2.45) is 0 Å². The summed E-state index contributed by atoms with van der Waals surface area (Å²) in [7, 11) is 2.05. The maximum absolute atomic E-state index is 5.37. The molecule has 6 nitrogen and oxygen atoms in total. The molecule has 0 radical (unpaired) electrons. The lowest BCUT2D eigenvalue weighted by Crippen LogP contribution is -2.31. The van der Waals surface area contributed by atoms with Gasteiger partial charge in [0.1, 0.15) is 5.69 Å². The second-order valence-corrected chi connectivity index (χ2v) is 4.66. The van der Waals surface area contributed by atoms with Gasteiger partial charge in [0.15, 0.2) is 0 Å². The molecule has 1 fully saturated rings. The SMILES string of the molecule is CN(Cc1nc(-c2ccccn2)no1)C1CCOC1. The molecule has 0 N–H and O–H groups in total. The van der Waals surface area contributed by atoms with Crippen LogP contribution in [0.5, 0.6) is 0 Å². The highest BCUT2D eigenvalue weighted by Crippen LogP contribution is 2.16. The Kier molecular flexibility index (Phi) is 3.52. The Morgan fingerprint density at radius 2 is 2.37 bits per heavy atom. The van der Waals surface area contributed by atoms with E-state index in [0.29, 0.717) is 24.3 Å². The predicted octanol–water partition coefficient (Wildman–Crippen LogP) is 1.35. The molecule has 2 aromatic heterocycles. The summed E-state index contributed by atoms with van der Waals surface area (Å²) in [6.45, 7) is 2.24. The van der Waals surface area contributed by atoms with Gasteiger partial charge in [-0.15, -0.1) is 0 Å². The zero-order valence-electron chi connectivity index (χ0n) is 10.8. The molecule has 6 heteroatoms. The highest BCUT2D eigenvalue weighted by molar-refractivity contribution is 5.46. The first-order chi connectivity index (χ1) is 9.33. The van der Waals surface area contributed by atoms with E-state index in [9.17, 15) is 0 Å². The minimum Gasteiger partial charge on any atom is -0.380 e. The van der Waals surface area contributed by atoms with Gasteiger partial charge < -0.3 is 9.26 Å². The lowest BCUT2D eigenvalue weighted by atomic mass is 10.2. The Hall–Kier alpha value is -1.79. The zero-order valence-corrected chi connectivity index (χ0v) is 10.8. The van der Waals surface area contributed by atoms with Crippen molar-refractivity contribution in [1.82, 2.24) is 20.0 Å². The molecule has 2 aromatic rings. The van der Waals surface area contributed by atoms with Crippen LogP contribution < -0.4 is 0 Å². The summed E-state index contributed by atoms with van der Waals surface area (Å²) in [6, 6.07) is 6.06. The largest absolute Gasteiger partial charge is 0.380 e. The molecule has 1 aliphatic rings. The molecule has 1 aliphatic heterocycles. The average Bonchev–Trinajstić information content (AvgIpc) is 3.11. The molecule has 0 aliphatic carbocycles. The first-order valence-electron chi connectivity index (χ1n) is 6.35. The first kappa shape index (κ1) is 12.3. The molecule has 0 spiro atoms. The van der Waals surface area contributed by atoms with Gasteiger partial charge in [0.2, 0.25) is 11.7 Å². The molecule has 0 saturated carbocycles. The smallest absolute Gasteiger partial charge is 0.241 e. The normalized spacial score (nSPS) is 19.2. The molecule has 0 amide bonds. The summed E-state index contributed by atoms with van der Waals surface area (Å²) in [5, 5.41) is 3.96. The van der Waals surface area contributed by atoms with E-state index in [4.69, 9.17) is 9.26 Å². The van der Waals surface area contributed by atoms with Crippen LogP contribution in [-0.2, 0) is 11.3 Å². The number of likely N-dealkylation sites (N-methyl/N-ethyl adjacent to an activating group) is 1. The van der Waals surface area contributed by atoms with Crippen molar-refractivity contribution in [2.45, 2.75) is 19.0 Å². The number of nitrogens with zero attached hydrogens (tertiary/aromatic N) is 4. The Morgan fingerprint density at radius 3 is 3.11 bits per heavy atom. The number of ether oxygens (including phenoxy) is 1. The van der Waals surface area contributed by atoms with Crippen LogP contribution in [0.2, 0.25) is 0 Å². The van der Waals surface area contributed by atoms with Crippen LogP contribution in [0.1, 0.15) is 12.3 Å². The second-order valence-electron chi connectivity index (χ2n) is 4.66. The zero-order chi connectivity index (χ0) is 13.1. The molecule has 3 rings (SSSR count). The molecule has 0 aromatic carbocycles. The van der Waals surface area contributed by atoms with Crippen molar-refractivity contribution in [3.63, 3.8) is 0 Å². The Balaban J connectivity index is 1.68. The van der Waals surface area contributed by atoms with Gasteiger partial charge in [-0.2, -0.15) is 4.98 Å². The fraction of sp³-hybridized carbons (Fsp3) is 0.462. The van der Waals surface area contributed by atoms with Crippen LogP contribution in [0.3, 0.4) is 0 Å². The summed E-state index contributed by atoms with van der Waals surface area (Å²) in [4.78, 5) is 10.8. The number of rotatable bonds is 4. The van der Waals surface area contributed by atoms with E-state index in [0.717, 1.165) is 25.3 Å². The van der Waals surface area contributed by atoms with Gasteiger partial charge in [0.05, 0.1) is 13.2 Å². The number of hydrogen-bond donors (Lipinski definition) is 0. The molecule has 19 heavy (non-hydrogen) atoms. The van der Waals surface area contributed by atoms with E-state index in [-0.39, 0.29) is 0 Å². The van der Waals surface area contributed by atoms with Crippen molar-refractivity contribution in [2.75, 3.05) is 20.3 Å². The highest BCUT2D eigenvalue weighted by Gasteiger charge is 2.22. The van der Waals surface area contributed by atoms with Gasteiger partial charge in [0.25, 0.3) is 0 Å². The summed E-state index contributed by atoms with van der Waals surface area (Å²) in [5.41, 5.74) is 0.726. The lowest BCUT2D eigenvalue weighted by Gasteiger charge is -2.20. The molecule has 1 saturated heterocycles. The number of hydrogen-bond acceptors (Lipinski definition) is 6. The fourth-order valence-electron chi connectivity index (χ4n) is 2.13. The maximum Gasteiger partial charge on any atom is 0.241 e. The predicted molar refractivity (Wildman–Crippen MR) is 68.2 cm³/mol. The monoisotopic (exact) mass is 260 g/mol. The summed E-state index contributed by atoms with van der Waals surface area (Å²) in [6.07, 6.45) is 2.77.